The molecule has 0 unspecified atom stereocenters. The minimum absolute atomic E-state index is 0.0704. The Morgan fingerprint density at radius 3 is 2.63 bits per heavy atom. The second-order valence-electron chi connectivity index (χ2n) is 7.65. The van der Waals surface area contributed by atoms with E-state index in [1.54, 1.807) is 0 Å². The van der Waals surface area contributed by atoms with E-state index < -0.39 is 5.79 Å². The highest BCUT2D eigenvalue weighted by Gasteiger charge is 2.55. The Bertz CT molecular complexity index is 887. The van der Waals surface area contributed by atoms with Crippen LogP contribution in [0.4, 0.5) is 5.69 Å². The number of carbonyl (C=O) groups is 1. The van der Waals surface area contributed by atoms with E-state index in [0.29, 0.717) is 25.6 Å². The predicted octanol–water partition coefficient (Wildman–Crippen LogP) is 4.28. The molecule has 1 spiro atoms. The van der Waals surface area contributed by atoms with Gasteiger partial charge in [-0.05, 0) is 60.9 Å². The molecule has 1 amide bonds. The molecule has 1 saturated carbocycles. The van der Waals surface area contributed by atoms with E-state index in [4.69, 9.17) is 21.1 Å². The third kappa shape index (κ3) is 2.96. The van der Waals surface area contributed by atoms with Crippen molar-refractivity contribution in [3.8, 4) is 0 Å². The van der Waals surface area contributed by atoms with Gasteiger partial charge in [0, 0.05) is 17.1 Å². The first-order chi connectivity index (χ1) is 13.2. The molecule has 27 heavy (non-hydrogen) atoms. The number of carbonyl (C=O) groups excluding carboxylic acids is 1. The van der Waals surface area contributed by atoms with Crippen molar-refractivity contribution in [2.24, 2.45) is 5.92 Å². The molecule has 2 aliphatic heterocycles. The lowest BCUT2D eigenvalue weighted by Crippen LogP contribution is -2.47. The van der Waals surface area contributed by atoms with E-state index in [0.717, 1.165) is 40.4 Å². The van der Waals surface area contributed by atoms with Gasteiger partial charge in [0.1, 0.15) is 0 Å². The molecule has 0 atom stereocenters. The van der Waals surface area contributed by atoms with Crippen molar-refractivity contribution in [1.82, 2.24) is 0 Å². The van der Waals surface area contributed by atoms with Crippen LogP contribution in [-0.4, -0.2) is 25.7 Å². The fourth-order valence-corrected chi connectivity index (χ4v) is 4.21. The molecule has 2 aromatic carbocycles. The van der Waals surface area contributed by atoms with Crippen LogP contribution in [-0.2, 0) is 26.5 Å². The van der Waals surface area contributed by atoms with Crippen LogP contribution < -0.4 is 4.90 Å². The molecule has 1 saturated heterocycles. The minimum Gasteiger partial charge on any atom is -0.338 e. The molecule has 0 N–H and O–H groups in total. The van der Waals surface area contributed by atoms with Gasteiger partial charge < -0.3 is 14.4 Å². The quantitative estimate of drug-likeness (QED) is 0.791. The van der Waals surface area contributed by atoms with Crippen molar-refractivity contribution in [2.45, 2.75) is 31.5 Å². The highest BCUT2D eigenvalue weighted by Crippen LogP contribution is 2.47. The Labute approximate surface area is 164 Å². The number of anilines is 1. The van der Waals surface area contributed by atoms with E-state index in [9.17, 15) is 4.79 Å². The van der Waals surface area contributed by atoms with E-state index in [2.05, 4.69) is 12.1 Å². The molecule has 1 aliphatic carbocycles. The third-order valence-corrected chi connectivity index (χ3v) is 5.99. The van der Waals surface area contributed by atoms with E-state index in [-0.39, 0.29) is 5.91 Å². The van der Waals surface area contributed by atoms with Crippen LogP contribution >= 0.6 is 11.6 Å². The normalized spacial score (nSPS) is 20.9. The monoisotopic (exact) mass is 383 g/mol. The Hall–Kier alpha value is -1.88. The van der Waals surface area contributed by atoms with E-state index in [1.165, 1.54) is 12.8 Å². The summed E-state index contributed by atoms with van der Waals surface area (Å²) in [4.78, 5) is 15.2. The molecule has 0 radical (unpaired) electrons. The zero-order valence-corrected chi connectivity index (χ0v) is 15.9. The molecule has 0 aromatic heterocycles. The van der Waals surface area contributed by atoms with Crippen LogP contribution in [0.5, 0.6) is 0 Å². The van der Waals surface area contributed by atoms with Crippen molar-refractivity contribution in [1.29, 1.82) is 0 Å². The number of amides is 1. The van der Waals surface area contributed by atoms with Crippen LogP contribution in [0.2, 0.25) is 5.02 Å². The highest BCUT2D eigenvalue weighted by molar-refractivity contribution is 6.31. The molecule has 4 nitrogen and oxygen atoms in total. The topological polar surface area (TPSA) is 38.8 Å². The highest BCUT2D eigenvalue weighted by atomic mass is 35.5. The molecule has 140 valence electrons. The number of hydrogen-bond donors (Lipinski definition) is 0. The summed E-state index contributed by atoms with van der Waals surface area (Å²) >= 11 is 6.33. The Balaban J connectivity index is 1.54. The lowest BCUT2D eigenvalue weighted by atomic mass is 9.98. The van der Waals surface area contributed by atoms with Crippen molar-refractivity contribution in [3.05, 3.63) is 64.2 Å². The number of hydrogen-bond acceptors (Lipinski definition) is 3. The lowest BCUT2D eigenvalue weighted by Gasteiger charge is -2.32. The lowest BCUT2D eigenvalue weighted by molar-refractivity contribution is -0.256. The third-order valence-electron chi connectivity index (χ3n) is 5.62. The molecule has 2 fully saturated rings. The van der Waals surface area contributed by atoms with Gasteiger partial charge in [-0.25, -0.2) is 0 Å². The average Bonchev–Trinajstić information content (AvgIpc) is 3.49. The number of fused-ring (bicyclic) bond motifs is 2. The van der Waals surface area contributed by atoms with Gasteiger partial charge in [0.05, 0.1) is 18.9 Å². The molecule has 2 aromatic rings. The van der Waals surface area contributed by atoms with E-state index in [1.807, 2.05) is 35.2 Å². The minimum atomic E-state index is -1.26. The van der Waals surface area contributed by atoms with Gasteiger partial charge in [0.25, 0.3) is 11.7 Å². The fourth-order valence-electron chi connectivity index (χ4n) is 4.01. The molecule has 3 aliphatic rings. The maximum absolute atomic E-state index is 13.3. The zero-order valence-electron chi connectivity index (χ0n) is 15.1. The van der Waals surface area contributed by atoms with Crippen molar-refractivity contribution < 1.29 is 14.3 Å². The van der Waals surface area contributed by atoms with Crippen LogP contribution in [0.15, 0.2) is 42.5 Å². The summed E-state index contributed by atoms with van der Waals surface area (Å²) in [5.41, 5.74) is 3.94. The second kappa shape index (κ2) is 6.62. The summed E-state index contributed by atoms with van der Waals surface area (Å²) in [6.07, 6.45) is 3.91. The van der Waals surface area contributed by atoms with Gasteiger partial charge >= 0.3 is 0 Å². The first-order valence-corrected chi connectivity index (χ1v) is 10.0. The van der Waals surface area contributed by atoms with Gasteiger partial charge in [0.15, 0.2) is 0 Å². The number of rotatable bonds is 4. The van der Waals surface area contributed by atoms with E-state index >= 15 is 0 Å². The van der Waals surface area contributed by atoms with Gasteiger partial charge in [-0.1, -0.05) is 35.9 Å². The molecule has 5 rings (SSSR count). The first-order valence-electron chi connectivity index (χ1n) is 9.64. The van der Waals surface area contributed by atoms with Crippen LogP contribution in [0.1, 0.15) is 36.0 Å². The van der Waals surface area contributed by atoms with Crippen molar-refractivity contribution in [2.75, 3.05) is 24.7 Å². The number of nitrogens with zero attached hydrogens (tertiary/aromatic N) is 1. The number of benzene rings is 2. The standard InChI is InChI=1S/C22H22ClNO3/c23-19-5-2-1-4-17(19)12-16-8-9-20-18(13-16)22(26-10-3-11-27-22)21(25)24(20)14-15-6-7-15/h1-2,4-5,8-9,13,15H,3,6-7,10-12,14H2. The predicted molar refractivity (Wildman–Crippen MR) is 104 cm³/mol. The smallest absolute Gasteiger partial charge is 0.292 e. The van der Waals surface area contributed by atoms with Crippen LogP contribution in [0, 0.1) is 5.92 Å². The molecular formula is C22H22ClNO3. The first kappa shape index (κ1) is 17.2. The largest absolute Gasteiger partial charge is 0.338 e. The fraction of sp³-hybridized carbons (Fsp3) is 0.409. The van der Waals surface area contributed by atoms with Gasteiger partial charge in [-0.3, -0.25) is 4.79 Å². The van der Waals surface area contributed by atoms with Crippen molar-refractivity contribution in [3.63, 3.8) is 0 Å². The number of halogens is 1. The van der Waals surface area contributed by atoms with Crippen LogP contribution in [0.3, 0.4) is 0 Å². The summed E-state index contributed by atoms with van der Waals surface area (Å²) in [5.74, 6) is -0.735. The average molecular weight is 384 g/mol. The van der Waals surface area contributed by atoms with Gasteiger partial charge in [0.2, 0.25) is 0 Å². The summed E-state index contributed by atoms with van der Waals surface area (Å²) < 4.78 is 12.0. The van der Waals surface area contributed by atoms with Crippen LogP contribution in [0.25, 0.3) is 0 Å². The summed E-state index contributed by atoms with van der Waals surface area (Å²) in [5, 5.41) is 0.754. The molecular weight excluding hydrogens is 362 g/mol. The van der Waals surface area contributed by atoms with Gasteiger partial charge in [-0.15, -0.1) is 0 Å². The van der Waals surface area contributed by atoms with Crippen molar-refractivity contribution >= 4 is 23.2 Å². The zero-order chi connectivity index (χ0) is 18.4. The molecule has 2 heterocycles. The maximum atomic E-state index is 13.3. The maximum Gasteiger partial charge on any atom is 0.292 e. The SMILES string of the molecule is O=C1N(CC2CC2)c2ccc(Cc3ccccc3Cl)cc2C12OCCCO2. The summed E-state index contributed by atoms with van der Waals surface area (Å²) in [6, 6.07) is 14.0. The van der Waals surface area contributed by atoms with Gasteiger partial charge in [-0.2, -0.15) is 0 Å². The summed E-state index contributed by atoms with van der Waals surface area (Å²) in [7, 11) is 0. The summed E-state index contributed by atoms with van der Waals surface area (Å²) in [6.45, 7) is 1.83. The Morgan fingerprint density at radius 2 is 1.89 bits per heavy atom. The molecule has 5 heteroatoms. The Kier molecular flexibility index (Phi) is 4.23. The number of ether oxygens (including phenoxy) is 2. The Morgan fingerprint density at radius 1 is 1.11 bits per heavy atom. The second-order valence-corrected chi connectivity index (χ2v) is 8.05. The molecule has 0 bridgehead atoms.